The number of hydrogen-bond acceptors (Lipinski definition) is 3. The molecule has 0 radical (unpaired) electrons. The number of aryl methyl sites for hydroxylation is 1. The van der Waals surface area contributed by atoms with Gasteiger partial charge in [0.05, 0.1) is 6.54 Å². The summed E-state index contributed by atoms with van der Waals surface area (Å²) < 4.78 is 0. The molecule has 1 saturated heterocycles. The average Bonchev–Trinajstić information content (AvgIpc) is 2.58. The number of aliphatic imine (C=N–C) groups is 1. The molecule has 0 spiro atoms. The van der Waals surface area contributed by atoms with Gasteiger partial charge in [0.2, 0.25) is 0 Å². The molecule has 1 fully saturated rings. The van der Waals surface area contributed by atoms with Gasteiger partial charge in [-0.05, 0) is 33.4 Å². The summed E-state index contributed by atoms with van der Waals surface area (Å²) in [6.07, 6.45) is 0. The predicted molar refractivity (Wildman–Crippen MR) is 118 cm³/mol. The fraction of sp³-hybridized carbons (Fsp3) is 0.632. The molecule has 6 heteroatoms. The second kappa shape index (κ2) is 11.7. The van der Waals surface area contributed by atoms with Crippen molar-refractivity contribution in [1.82, 2.24) is 20.4 Å². The Hall–Kier alpha value is -0.860. The first-order chi connectivity index (χ1) is 11.6. The Kier molecular flexibility index (Phi) is 10.4. The van der Waals surface area contributed by atoms with Crippen LogP contribution >= 0.6 is 24.0 Å². The number of nitrogens with one attached hydrogen (secondary N) is 2. The van der Waals surface area contributed by atoms with E-state index in [0.29, 0.717) is 12.6 Å². The van der Waals surface area contributed by atoms with Gasteiger partial charge >= 0.3 is 0 Å². The molecule has 2 rings (SSSR count). The summed E-state index contributed by atoms with van der Waals surface area (Å²) in [6.45, 7) is 13.6. The molecule has 2 N–H and O–H groups in total. The maximum atomic E-state index is 4.72. The highest BCUT2D eigenvalue weighted by atomic mass is 127. The molecule has 1 unspecified atom stereocenters. The zero-order chi connectivity index (χ0) is 17.4. The first kappa shape index (κ1) is 22.2. The van der Waals surface area contributed by atoms with Gasteiger partial charge in [0.1, 0.15) is 0 Å². The maximum Gasteiger partial charge on any atom is 0.191 e. The van der Waals surface area contributed by atoms with Crippen LogP contribution in [0.2, 0.25) is 0 Å². The van der Waals surface area contributed by atoms with E-state index in [9.17, 15) is 0 Å². The second-order valence-corrected chi connectivity index (χ2v) is 6.75. The molecule has 0 aliphatic carbocycles. The Morgan fingerprint density at radius 1 is 1.20 bits per heavy atom. The lowest BCUT2D eigenvalue weighted by Crippen LogP contribution is -2.52. The monoisotopic (exact) mass is 459 g/mol. The van der Waals surface area contributed by atoms with Gasteiger partial charge in [-0.25, -0.2) is 4.99 Å². The Morgan fingerprint density at radius 2 is 1.92 bits per heavy atom. The molecular formula is C19H34IN5. The number of piperazine rings is 1. The van der Waals surface area contributed by atoms with E-state index in [1.165, 1.54) is 11.1 Å². The first-order valence-corrected chi connectivity index (χ1v) is 9.08. The standard InChI is InChI=1S/C19H33N5.HI/c1-5-20-19(22-15-18-8-6-7-16(2)13-18)21-14-17(3)24-11-9-23(4)10-12-24;/h6-8,13,17H,5,9-12,14-15H2,1-4H3,(H2,20,21,22);1H. The van der Waals surface area contributed by atoms with Crippen LogP contribution in [-0.4, -0.2) is 68.1 Å². The number of benzene rings is 1. The number of hydrogen-bond donors (Lipinski definition) is 2. The SMILES string of the molecule is CCNC(=NCc1cccc(C)c1)NCC(C)N1CCN(C)CC1.I. The van der Waals surface area contributed by atoms with Gasteiger partial charge in [-0.15, -0.1) is 24.0 Å². The fourth-order valence-corrected chi connectivity index (χ4v) is 2.96. The lowest BCUT2D eigenvalue weighted by molar-refractivity contribution is 0.120. The van der Waals surface area contributed by atoms with Crippen molar-refractivity contribution >= 4 is 29.9 Å². The third kappa shape index (κ3) is 7.92. The van der Waals surface area contributed by atoms with E-state index in [4.69, 9.17) is 4.99 Å². The highest BCUT2D eigenvalue weighted by molar-refractivity contribution is 14.0. The molecule has 0 saturated carbocycles. The minimum absolute atomic E-state index is 0. The Morgan fingerprint density at radius 3 is 2.56 bits per heavy atom. The topological polar surface area (TPSA) is 42.9 Å². The smallest absolute Gasteiger partial charge is 0.191 e. The Labute approximate surface area is 170 Å². The third-order valence-electron chi connectivity index (χ3n) is 4.57. The molecule has 1 aromatic rings. The summed E-state index contributed by atoms with van der Waals surface area (Å²) in [7, 11) is 2.20. The van der Waals surface area contributed by atoms with Gasteiger partial charge < -0.3 is 15.5 Å². The molecule has 1 atom stereocenters. The zero-order valence-electron chi connectivity index (χ0n) is 16.1. The van der Waals surface area contributed by atoms with Gasteiger partial charge in [0.25, 0.3) is 0 Å². The fourth-order valence-electron chi connectivity index (χ4n) is 2.96. The predicted octanol–water partition coefficient (Wildman–Crippen LogP) is 2.30. The van der Waals surface area contributed by atoms with E-state index in [0.717, 1.165) is 45.2 Å². The van der Waals surface area contributed by atoms with Gasteiger partial charge in [-0.1, -0.05) is 29.8 Å². The molecule has 142 valence electrons. The quantitative estimate of drug-likeness (QED) is 0.390. The van der Waals surface area contributed by atoms with Crippen LogP contribution < -0.4 is 10.6 Å². The summed E-state index contributed by atoms with van der Waals surface area (Å²) in [6, 6.07) is 9.05. The molecule has 1 aliphatic rings. The molecule has 1 aliphatic heterocycles. The number of likely N-dealkylation sites (N-methyl/N-ethyl adjacent to an activating group) is 1. The van der Waals surface area contributed by atoms with Crippen LogP contribution in [0.3, 0.4) is 0 Å². The third-order valence-corrected chi connectivity index (χ3v) is 4.57. The summed E-state index contributed by atoms with van der Waals surface area (Å²) in [4.78, 5) is 9.67. The highest BCUT2D eigenvalue weighted by Gasteiger charge is 2.18. The van der Waals surface area contributed by atoms with Gasteiger partial charge in [-0.3, -0.25) is 4.90 Å². The van der Waals surface area contributed by atoms with Crippen molar-refractivity contribution in [3.05, 3.63) is 35.4 Å². The van der Waals surface area contributed by atoms with Gasteiger partial charge in [0, 0.05) is 45.3 Å². The van der Waals surface area contributed by atoms with Crippen molar-refractivity contribution in [2.75, 3.05) is 46.3 Å². The van der Waals surface area contributed by atoms with Crippen molar-refractivity contribution < 1.29 is 0 Å². The number of nitrogens with zero attached hydrogens (tertiary/aromatic N) is 3. The van der Waals surface area contributed by atoms with Crippen molar-refractivity contribution in [2.24, 2.45) is 4.99 Å². The highest BCUT2D eigenvalue weighted by Crippen LogP contribution is 2.06. The van der Waals surface area contributed by atoms with Crippen molar-refractivity contribution in [2.45, 2.75) is 33.4 Å². The molecule has 25 heavy (non-hydrogen) atoms. The van der Waals surface area contributed by atoms with E-state index in [1.807, 2.05) is 0 Å². The summed E-state index contributed by atoms with van der Waals surface area (Å²) in [5.74, 6) is 0.903. The van der Waals surface area contributed by atoms with E-state index in [1.54, 1.807) is 0 Å². The van der Waals surface area contributed by atoms with E-state index in [2.05, 4.69) is 72.5 Å². The van der Waals surface area contributed by atoms with Crippen LogP contribution in [0.4, 0.5) is 0 Å². The molecule has 0 aromatic heterocycles. The van der Waals surface area contributed by atoms with Crippen molar-refractivity contribution in [3.63, 3.8) is 0 Å². The number of halogens is 1. The molecule has 1 heterocycles. The Bertz CT molecular complexity index is 526. The largest absolute Gasteiger partial charge is 0.357 e. The van der Waals surface area contributed by atoms with Crippen LogP contribution in [0.25, 0.3) is 0 Å². The number of guanidine groups is 1. The maximum absolute atomic E-state index is 4.72. The van der Waals surface area contributed by atoms with Crippen LogP contribution in [-0.2, 0) is 6.54 Å². The molecule has 0 bridgehead atoms. The summed E-state index contributed by atoms with van der Waals surface area (Å²) in [5, 5.41) is 6.84. The van der Waals surface area contributed by atoms with Crippen molar-refractivity contribution in [1.29, 1.82) is 0 Å². The molecule has 5 nitrogen and oxygen atoms in total. The second-order valence-electron chi connectivity index (χ2n) is 6.75. The molecular weight excluding hydrogens is 425 g/mol. The summed E-state index contributed by atoms with van der Waals surface area (Å²) >= 11 is 0. The first-order valence-electron chi connectivity index (χ1n) is 9.08. The van der Waals surface area contributed by atoms with Crippen LogP contribution in [0.15, 0.2) is 29.3 Å². The van der Waals surface area contributed by atoms with E-state index >= 15 is 0 Å². The molecule has 1 aromatic carbocycles. The zero-order valence-corrected chi connectivity index (χ0v) is 18.4. The van der Waals surface area contributed by atoms with Gasteiger partial charge in [-0.2, -0.15) is 0 Å². The van der Waals surface area contributed by atoms with Crippen LogP contribution in [0, 0.1) is 6.92 Å². The minimum Gasteiger partial charge on any atom is -0.357 e. The van der Waals surface area contributed by atoms with E-state index in [-0.39, 0.29) is 24.0 Å². The van der Waals surface area contributed by atoms with Crippen LogP contribution in [0.1, 0.15) is 25.0 Å². The summed E-state index contributed by atoms with van der Waals surface area (Å²) in [5.41, 5.74) is 2.53. The van der Waals surface area contributed by atoms with Crippen LogP contribution in [0.5, 0.6) is 0 Å². The number of rotatable bonds is 6. The minimum atomic E-state index is 0. The van der Waals surface area contributed by atoms with E-state index < -0.39 is 0 Å². The lowest BCUT2D eigenvalue weighted by atomic mass is 10.1. The molecule has 0 amide bonds. The lowest BCUT2D eigenvalue weighted by Gasteiger charge is -2.36. The average molecular weight is 459 g/mol. The van der Waals surface area contributed by atoms with Gasteiger partial charge in [0.15, 0.2) is 5.96 Å². The van der Waals surface area contributed by atoms with Crippen molar-refractivity contribution in [3.8, 4) is 0 Å². The Balaban J connectivity index is 0.00000312. The normalized spacial score (nSPS) is 17.7.